The van der Waals surface area contributed by atoms with Crippen LogP contribution in [0.1, 0.15) is 18.9 Å². The van der Waals surface area contributed by atoms with E-state index in [4.69, 9.17) is 16.4 Å². The molecule has 22 heavy (non-hydrogen) atoms. The van der Waals surface area contributed by atoms with Gasteiger partial charge in [0.25, 0.3) is 5.91 Å². The lowest BCUT2D eigenvalue weighted by Crippen LogP contribution is -2.47. The third kappa shape index (κ3) is 3.39. The number of halogens is 1. The highest BCUT2D eigenvalue weighted by atomic mass is 35.5. The lowest BCUT2D eigenvalue weighted by Gasteiger charge is -2.21. The summed E-state index contributed by atoms with van der Waals surface area (Å²) in [5.74, 6) is -0.573. The summed E-state index contributed by atoms with van der Waals surface area (Å²) in [6.45, 7) is 1.56. The number of oxime groups is 1. The number of likely N-dealkylation sites (N-methyl/N-ethyl adjacent to an activating group) is 1. The molecule has 1 aliphatic heterocycles. The van der Waals surface area contributed by atoms with Crippen LogP contribution in [-0.4, -0.2) is 48.7 Å². The van der Waals surface area contributed by atoms with Gasteiger partial charge in [0.15, 0.2) is 0 Å². The molecule has 0 aromatic heterocycles. The lowest BCUT2D eigenvalue weighted by molar-refractivity contribution is -0.143. The summed E-state index contributed by atoms with van der Waals surface area (Å²) in [5, 5.41) is 7.10. The van der Waals surface area contributed by atoms with Gasteiger partial charge in [0, 0.05) is 31.1 Å². The molecule has 0 spiro atoms. The molecule has 1 atom stereocenters. The number of amides is 2. The Bertz CT molecular complexity index is 630. The van der Waals surface area contributed by atoms with Crippen molar-refractivity contribution >= 4 is 29.1 Å². The van der Waals surface area contributed by atoms with Crippen molar-refractivity contribution in [2.75, 3.05) is 20.6 Å². The highest BCUT2D eigenvalue weighted by Crippen LogP contribution is 2.29. The van der Waals surface area contributed by atoms with Crippen molar-refractivity contribution in [3.8, 4) is 0 Å². The zero-order valence-corrected chi connectivity index (χ0v) is 13.5. The summed E-state index contributed by atoms with van der Waals surface area (Å²) in [6.07, 6.45) is 0.290. The molecule has 6 nitrogen and oxygen atoms in total. The molecule has 0 aliphatic carbocycles. The van der Waals surface area contributed by atoms with Crippen LogP contribution in [0.25, 0.3) is 0 Å². The first-order valence-corrected chi connectivity index (χ1v) is 7.20. The molecule has 1 heterocycles. The normalized spacial score (nSPS) is 20.1. The fourth-order valence-corrected chi connectivity index (χ4v) is 2.25. The minimum absolute atomic E-state index is 0.0772. The van der Waals surface area contributed by atoms with Crippen LogP contribution in [0.2, 0.25) is 5.02 Å². The van der Waals surface area contributed by atoms with Gasteiger partial charge in [-0.15, -0.1) is 0 Å². The van der Waals surface area contributed by atoms with E-state index in [0.29, 0.717) is 17.2 Å². The van der Waals surface area contributed by atoms with Crippen molar-refractivity contribution in [2.24, 2.45) is 5.16 Å². The number of hydrogen-bond donors (Lipinski definition) is 1. The quantitative estimate of drug-likeness (QED) is 0.911. The monoisotopic (exact) mass is 323 g/mol. The van der Waals surface area contributed by atoms with Gasteiger partial charge >= 0.3 is 0 Å². The van der Waals surface area contributed by atoms with Crippen molar-refractivity contribution in [1.82, 2.24) is 10.2 Å². The Kier molecular flexibility index (Phi) is 4.71. The Labute approximate surface area is 134 Å². The zero-order chi connectivity index (χ0) is 16.3. The fraction of sp³-hybridized carbons (Fsp3) is 0.400. The summed E-state index contributed by atoms with van der Waals surface area (Å²) in [5.41, 5.74) is 0.216. The van der Waals surface area contributed by atoms with Crippen LogP contribution in [-0.2, 0) is 14.4 Å². The average molecular weight is 324 g/mol. The van der Waals surface area contributed by atoms with Gasteiger partial charge in [0.2, 0.25) is 11.5 Å². The Balaban J connectivity index is 2.01. The van der Waals surface area contributed by atoms with Crippen molar-refractivity contribution in [2.45, 2.75) is 18.9 Å². The number of carbonyl (C=O) groups excluding carboxylic acids is 2. The molecule has 1 aromatic carbocycles. The van der Waals surface area contributed by atoms with Crippen LogP contribution >= 0.6 is 11.6 Å². The Morgan fingerprint density at radius 1 is 1.41 bits per heavy atom. The van der Waals surface area contributed by atoms with E-state index in [9.17, 15) is 9.59 Å². The van der Waals surface area contributed by atoms with Crippen LogP contribution in [0.15, 0.2) is 29.4 Å². The summed E-state index contributed by atoms with van der Waals surface area (Å²) in [7, 11) is 3.25. The first-order chi connectivity index (χ1) is 10.3. The number of nitrogens with zero attached hydrogens (tertiary/aromatic N) is 2. The molecule has 1 N–H and O–H groups in total. The van der Waals surface area contributed by atoms with Gasteiger partial charge in [-0.1, -0.05) is 35.0 Å². The largest absolute Gasteiger partial charge is 0.379 e. The molecule has 0 bridgehead atoms. The molecule has 118 valence electrons. The van der Waals surface area contributed by atoms with Crippen LogP contribution in [0.4, 0.5) is 0 Å². The van der Waals surface area contributed by atoms with Crippen LogP contribution < -0.4 is 5.32 Å². The molecule has 0 saturated heterocycles. The molecule has 0 saturated carbocycles. The maximum atomic E-state index is 12.2. The van der Waals surface area contributed by atoms with Gasteiger partial charge in [-0.3, -0.25) is 9.59 Å². The van der Waals surface area contributed by atoms with Gasteiger partial charge in [-0.2, -0.15) is 0 Å². The van der Waals surface area contributed by atoms with E-state index in [1.54, 1.807) is 27.1 Å². The highest BCUT2D eigenvalue weighted by Gasteiger charge is 2.42. The van der Waals surface area contributed by atoms with Gasteiger partial charge in [0.05, 0.1) is 12.3 Å². The van der Waals surface area contributed by atoms with E-state index in [2.05, 4.69) is 10.5 Å². The van der Waals surface area contributed by atoms with Gasteiger partial charge < -0.3 is 15.1 Å². The predicted octanol–water partition coefficient (Wildman–Crippen LogP) is 1.43. The number of hydrogen-bond acceptors (Lipinski definition) is 4. The Hall–Kier alpha value is -2.08. The maximum Gasteiger partial charge on any atom is 0.267 e. The second kappa shape index (κ2) is 6.36. The molecule has 1 aromatic rings. The van der Waals surface area contributed by atoms with Crippen molar-refractivity contribution in [3.63, 3.8) is 0 Å². The van der Waals surface area contributed by atoms with Crippen molar-refractivity contribution in [3.05, 3.63) is 34.9 Å². The van der Waals surface area contributed by atoms with Crippen molar-refractivity contribution in [1.29, 1.82) is 0 Å². The van der Waals surface area contributed by atoms with Gasteiger partial charge in [-0.05, 0) is 13.0 Å². The van der Waals surface area contributed by atoms with Crippen molar-refractivity contribution < 1.29 is 14.4 Å². The van der Waals surface area contributed by atoms with E-state index in [1.807, 2.05) is 18.2 Å². The van der Waals surface area contributed by atoms with E-state index in [1.165, 1.54) is 4.90 Å². The molecule has 0 radical (unpaired) electrons. The topological polar surface area (TPSA) is 71.0 Å². The van der Waals surface area contributed by atoms with Crippen LogP contribution in [0, 0.1) is 0 Å². The summed E-state index contributed by atoms with van der Waals surface area (Å²) < 4.78 is 0. The first-order valence-electron chi connectivity index (χ1n) is 6.82. The minimum Gasteiger partial charge on any atom is -0.379 e. The number of benzene rings is 1. The first kappa shape index (κ1) is 16.3. The molecular formula is C15H18ClN3O3. The molecule has 1 unspecified atom stereocenters. The molecule has 2 amide bonds. The maximum absolute atomic E-state index is 12.2. The summed E-state index contributed by atoms with van der Waals surface area (Å²) in [4.78, 5) is 30.5. The van der Waals surface area contributed by atoms with E-state index in [0.717, 1.165) is 5.56 Å². The highest BCUT2D eigenvalue weighted by molar-refractivity contribution is 6.34. The second-order valence-electron chi connectivity index (χ2n) is 5.49. The van der Waals surface area contributed by atoms with Gasteiger partial charge in [-0.25, -0.2) is 0 Å². The van der Waals surface area contributed by atoms with Crippen LogP contribution in [0.5, 0.6) is 0 Å². The fourth-order valence-electron chi connectivity index (χ4n) is 2.00. The lowest BCUT2D eigenvalue weighted by atomic mass is 9.95. The number of rotatable bonds is 4. The smallest absolute Gasteiger partial charge is 0.267 e. The standard InChI is InChI=1S/C15H18ClN3O3/c1-15(14(21)17-9-13(20)19(2)3)8-12(18-22-15)10-6-4-5-7-11(10)16/h4-7H,8-9H2,1-3H3,(H,17,21). The molecular weight excluding hydrogens is 306 g/mol. The summed E-state index contributed by atoms with van der Waals surface area (Å²) >= 11 is 6.13. The van der Waals surface area contributed by atoms with Crippen LogP contribution in [0.3, 0.4) is 0 Å². The summed E-state index contributed by atoms with van der Waals surface area (Å²) in [6, 6.07) is 7.24. The Morgan fingerprint density at radius 2 is 2.09 bits per heavy atom. The van der Waals surface area contributed by atoms with E-state index >= 15 is 0 Å². The number of nitrogens with one attached hydrogen (secondary N) is 1. The predicted molar refractivity (Wildman–Crippen MR) is 83.8 cm³/mol. The number of carbonyl (C=O) groups is 2. The molecule has 7 heteroatoms. The second-order valence-corrected chi connectivity index (χ2v) is 5.89. The molecule has 2 rings (SSSR count). The van der Waals surface area contributed by atoms with E-state index in [-0.39, 0.29) is 18.4 Å². The SMILES string of the molecule is CN(C)C(=O)CNC(=O)C1(C)CC(c2ccccc2Cl)=NO1. The van der Waals surface area contributed by atoms with E-state index < -0.39 is 5.60 Å². The third-order valence-corrected chi connectivity index (χ3v) is 3.76. The minimum atomic E-state index is -1.14. The molecule has 1 aliphatic rings. The molecule has 0 fully saturated rings. The zero-order valence-electron chi connectivity index (χ0n) is 12.7. The Morgan fingerprint density at radius 3 is 2.73 bits per heavy atom. The average Bonchev–Trinajstić information content (AvgIpc) is 2.88. The third-order valence-electron chi connectivity index (χ3n) is 3.43. The van der Waals surface area contributed by atoms with Gasteiger partial charge in [0.1, 0.15) is 0 Å².